The first kappa shape index (κ1) is 12.4. The lowest BCUT2D eigenvalue weighted by Gasteiger charge is -2.22. The lowest BCUT2D eigenvalue weighted by Crippen LogP contribution is -2.36. The minimum atomic E-state index is -0.525. The molecule has 1 fully saturated rings. The summed E-state index contributed by atoms with van der Waals surface area (Å²) >= 11 is 5.76. The number of hydrogen-bond donors (Lipinski definition) is 1. The van der Waals surface area contributed by atoms with Gasteiger partial charge in [0.15, 0.2) is 0 Å². The van der Waals surface area contributed by atoms with Gasteiger partial charge in [-0.15, -0.1) is 0 Å². The molecule has 0 radical (unpaired) electrons. The minimum absolute atomic E-state index is 0.0306. The molecular weight excluding hydrogens is 241 g/mol. The van der Waals surface area contributed by atoms with Gasteiger partial charge in [0, 0.05) is 11.1 Å². The van der Waals surface area contributed by atoms with Crippen LogP contribution in [0.5, 0.6) is 0 Å². The van der Waals surface area contributed by atoms with Crippen LogP contribution in [0.2, 0.25) is 5.02 Å². The summed E-state index contributed by atoms with van der Waals surface area (Å²) in [6, 6.07) is 4.20. The van der Waals surface area contributed by atoms with Crippen LogP contribution in [-0.4, -0.2) is 11.9 Å². The third-order valence-corrected chi connectivity index (χ3v) is 3.35. The van der Waals surface area contributed by atoms with E-state index >= 15 is 0 Å². The molecule has 17 heavy (non-hydrogen) atoms. The number of benzene rings is 1. The van der Waals surface area contributed by atoms with Gasteiger partial charge in [0.05, 0.1) is 5.56 Å². The fraction of sp³-hybridized carbons (Fsp3) is 0.462. The Bertz CT molecular complexity index is 416. The van der Waals surface area contributed by atoms with Crippen molar-refractivity contribution in [3.05, 3.63) is 34.6 Å². The topological polar surface area (TPSA) is 29.1 Å². The van der Waals surface area contributed by atoms with Crippen molar-refractivity contribution in [2.75, 3.05) is 0 Å². The van der Waals surface area contributed by atoms with E-state index in [1.54, 1.807) is 0 Å². The Kier molecular flexibility index (Phi) is 4.00. The van der Waals surface area contributed by atoms with Crippen LogP contribution in [0.4, 0.5) is 4.39 Å². The van der Waals surface area contributed by atoms with E-state index in [4.69, 9.17) is 11.6 Å². The molecule has 1 amide bonds. The van der Waals surface area contributed by atoms with Crippen LogP contribution in [0.1, 0.15) is 42.5 Å². The van der Waals surface area contributed by atoms with Crippen molar-refractivity contribution in [2.24, 2.45) is 0 Å². The molecule has 2 nitrogen and oxygen atoms in total. The smallest absolute Gasteiger partial charge is 0.254 e. The maximum Gasteiger partial charge on any atom is 0.254 e. The Morgan fingerprint density at radius 3 is 2.71 bits per heavy atom. The number of nitrogens with one attached hydrogen (secondary N) is 1. The predicted octanol–water partition coefficient (Wildman–Crippen LogP) is 3.54. The van der Waals surface area contributed by atoms with Crippen molar-refractivity contribution in [3.8, 4) is 0 Å². The number of hydrogen-bond acceptors (Lipinski definition) is 1. The minimum Gasteiger partial charge on any atom is -0.349 e. The summed E-state index contributed by atoms with van der Waals surface area (Å²) in [6.45, 7) is 0. The van der Waals surface area contributed by atoms with Gasteiger partial charge in [-0.3, -0.25) is 4.79 Å². The molecule has 1 aliphatic carbocycles. The monoisotopic (exact) mass is 255 g/mol. The highest BCUT2D eigenvalue weighted by molar-refractivity contribution is 6.31. The average Bonchev–Trinajstić information content (AvgIpc) is 2.33. The van der Waals surface area contributed by atoms with Crippen LogP contribution in [0.25, 0.3) is 0 Å². The Balaban J connectivity index is 2.05. The van der Waals surface area contributed by atoms with Gasteiger partial charge in [-0.1, -0.05) is 30.9 Å². The van der Waals surface area contributed by atoms with E-state index in [9.17, 15) is 9.18 Å². The molecule has 1 saturated carbocycles. The van der Waals surface area contributed by atoms with Crippen molar-refractivity contribution >= 4 is 17.5 Å². The molecule has 0 aromatic heterocycles. The standard InChI is InChI=1S/C13H15ClFNO/c14-9-6-7-12(15)11(8-9)13(17)16-10-4-2-1-3-5-10/h6-8,10H,1-5H2,(H,16,17). The molecule has 0 atom stereocenters. The van der Waals surface area contributed by atoms with Crippen LogP contribution >= 0.6 is 11.6 Å². The Hall–Kier alpha value is -1.09. The fourth-order valence-corrected chi connectivity index (χ4v) is 2.35. The largest absolute Gasteiger partial charge is 0.349 e. The summed E-state index contributed by atoms with van der Waals surface area (Å²) in [5.74, 6) is -0.889. The number of halogens is 2. The van der Waals surface area contributed by atoms with Crippen molar-refractivity contribution < 1.29 is 9.18 Å². The van der Waals surface area contributed by atoms with Gasteiger partial charge in [-0.05, 0) is 31.0 Å². The third-order valence-electron chi connectivity index (χ3n) is 3.11. The summed E-state index contributed by atoms with van der Waals surface area (Å²) in [7, 11) is 0. The first-order valence-electron chi connectivity index (χ1n) is 5.93. The first-order valence-corrected chi connectivity index (χ1v) is 6.30. The highest BCUT2D eigenvalue weighted by atomic mass is 35.5. The SMILES string of the molecule is O=C(NC1CCCCC1)c1cc(Cl)ccc1F. The fourth-order valence-electron chi connectivity index (χ4n) is 2.18. The molecule has 1 aromatic rings. The Morgan fingerprint density at radius 2 is 2.00 bits per heavy atom. The Labute approximate surface area is 105 Å². The molecule has 0 spiro atoms. The zero-order chi connectivity index (χ0) is 12.3. The van der Waals surface area contributed by atoms with Crippen molar-refractivity contribution in [3.63, 3.8) is 0 Å². The summed E-state index contributed by atoms with van der Waals surface area (Å²) in [5.41, 5.74) is 0.0306. The lowest BCUT2D eigenvalue weighted by molar-refractivity contribution is 0.0923. The Morgan fingerprint density at radius 1 is 1.29 bits per heavy atom. The highest BCUT2D eigenvalue weighted by Crippen LogP contribution is 2.19. The zero-order valence-corrected chi connectivity index (χ0v) is 10.3. The number of carbonyl (C=O) groups excluding carboxylic acids is 1. The van der Waals surface area contributed by atoms with Gasteiger partial charge >= 0.3 is 0 Å². The second-order valence-corrected chi connectivity index (χ2v) is 4.87. The molecule has 1 N–H and O–H groups in total. The van der Waals surface area contributed by atoms with E-state index in [1.807, 2.05) is 0 Å². The van der Waals surface area contributed by atoms with E-state index in [-0.39, 0.29) is 17.5 Å². The normalized spacial score (nSPS) is 16.8. The van der Waals surface area contributed by atoms with Crippen molar-refractivity contribution in [1.29, 1.82) is 0 Å². The van der Waals surface area contributed by atoms with Gasteiger partial charge in [-0.2, -0.15) is 0 Å². The number of rotatable bonds is 2. The molecule has 2 rings (SSSR count). The van der Waals surface area contributed by atoms with Crippen LogP contribution in [-0.2, 0) is 0 Å². The average molecular weight is 256 g/mol. The predicted molar refractivity (Wildman–Crippen MR) is 65.7 cm³/mol. The van der Waals surface area contributed by atoms with Crippen molar-refractivity contribution in [2.45, 2.75) is 38.1 Å². The van der Waals surface area contributed by atoms with Gasteiger partial charge in [0.2, 0.25) is 0 Å². The summed E-state index contributed by atoms with van der Waals surface area (Å²) < 4.78 is 13.5. The zero-order valence-electron chi connectivity index (χ0n) is 9.51. The summed E-state index contributed by atoms with van der Waals surface area (Å²) in [4.78, 5) is 11.9. The number of amides is 1. The van der Waals surface area contributed by atoms with Gasteiger partial charge in [0.25, 0.3) is 5.91 Å². The molecule has 0 aliphatic heterocycles. The quantitative estimate of drug-likeness (QED) is 0.860. The molecule has 0 bridgehead atoms. The molecule has 92 valence electrons. The van der Waals surface area contributed by atoms with E-state index in [0.717, 1.165) is 25.7 Å². The maximum atomic E-state index is 13.5. The summed E-state index contributed by atoms with van der Waals surface area (Å²) in [5, 5.41) is 3.24. The van der Waals surface area contributed by atoms with Crippen LogP contribution in [0.3, 0.4) is 0 Å². The highest BCUT2D eigenvalue weighted by Gasteiger charge is 2.18. The van der Waals surface area contributed by atoms with Crippen LogP contribution < -0.4 is 5.32 Å². The van der Waals surface area contributed by atoms with Crippen LogP contribution in [0, 0.1) is 5.82 Å². The van der Waals surface area contributed by atoms with Crippen molar-refractivity contribution in [1.82, 2.24) is 5.32 Å². The second-order valence-electron chi connectivity index (χ2n) is 4.43. The lowest BCUT2D eigenvalue weighted by atomic mass is 9.95. The van der Waals surface area contributed by atoms with Gasteiger partial charge in [0.1, 0.15) is 5.82 Å². The maximum absolute atomic E-state index is 13.5. The molecule has 0 saturated heterocycles. The summed E-state index contributed by atoms with van der Waals surface area (Å²) in [6.07, 6.45) is 5.44. The van der Waals surface area contributed by atoms with Gasteiger partial charge in [-0.25, -0.2) is 4.39 Å². The van der Waals surface area contributed by atoms with E-state index in [2.05, 4.69) is 5.32 Å². The molecule has 0 heterocycles. The first-order chi connectivity index (χ1) is 8.16. The number of carbonyl (C=O) groups is 1. The molecular formula is C13H15ClFNO. The molecule has 1 aliphatic rings. The van der Waals surface area contributed by atoms with Crippen LogP contribution in [0.15, 0.2) is 18.2 Å². The van der Waals surface area contributed by atoms with E-state index in [0.29, 0.717) is 5.02 Å². The molecule has 0 unspecified atom stereocenters. The second kappa shape index (κ2) is 5.50. The molecule has 1 aromatic carbocycles. The molecule has 4 heteroatoms. The van der Waals surface area contributed by atoms with E-state index in [1.165, 1.54) is 24.6 Å². The van der Waals surface area contributed by atoms with E-state index < -0.39 is 5.82 Å². The van der Waals surface area contributed by atoms with Gasteiger partial charge < -0.3 is 5.32 Å². The third kappa shape index (κ3) is 3.19.